The molecule has 0 saturated carbocycles. The number of hydrogen-bond acceptors (Lipinski definition) is 6. The molecular formula is C13H14N4OS2. The van der Waals surface area contributed by atoms with E-state index >= 15 is 0 Å². The van der Waals surface area contributed by atoms with Crippen molar-refractivity contribution in [2.45, 2.75) is 12.8 Å². The molecule has 1 spiro atoms. The molecule has 5 nitrogen and oxygen atoms in total. The molecule has 1 amide bonds. The Morgan fingerprint density at radius 3 is 3.05 bits per heavy atom. The van der Waals surface area contributed by atoms with Crippen LogP contribution in [0.25, 0.3) is 0 Å². The van der Waals surface area contributed by atoms with Gasteiger partial charge in [0.2, 0.25) is 11.0 Å². The second-order valence-corrected chi connectivity index (χ2v) is 7.12. The Kier molecular flexibility index (Phi) is 2.78. The standard InChI is InChI=1S/C13H14N4OS2/c18-11-5-13(8-17(11)10-1-4-19-6-10)2-3-16(7-13)12-15-14-9-20-12/h1,4,6,9H,2-3,5,7-8H2. The second kappa shape index (κ2) is 4.53. The molecule has 0 bridgehead atoms. The highest BCUT2D eigenvalue weighted by molar-refractivity contribution is 7.13. The average Bonchev–Trinajstić information content (AvgIpc) is 3.18. The van der Waals surface area contributed by atoms with Gasteiger partial charge in [-0.1, -0.05) is 11.3 Å². The Labute approximate surface area is 124 Å². The molecule has 4 heterocycles. The lowest BCUT2D eigenvalue weighted by atomic mass is 9.86. The minimum atomic E-state index is 0.0880. The Morgan fingerprint density at radius 2 is 2.30 bits per heavy atom. The molecule has 7 heteroatoms. The summed E-state index contributed by atoms with van der Waals surface area (Å²) in [5, 5.41) is 13.1. The minimum Gasteiger partial charge on any atom is -0.346 e. The topological polar surface area (TPSA) is 49.3 Å². The van der Waals surface area contributed by atoms with Gasteiger partial charge >= 0.3 is 0 Å². The first kappa shape index (κ1) is 12.3. The fourth-order valence-corrected chi connectivity index (χ4v) is 4.45. The molecule has 0 N–H and O–H groups in total. The first-order chi connectivity index (χ1) is 9.76. The van der Waals surface area contributed by atoms with Crippen LogP contribution >= 0.6 is 22.7 Å². The van der Waals surface area contributed by atoms with E-state index in [2.05, 4.69) is 15.1 Å². The second-order valence-electron chi connectivity index (χ2n) is 5.53. The summed E-state index contributed by atoms with van der Waals surface area (Å²) in [6.45, 7) is 2.71. The van der Waals surface area contributed by atoms with Crippen LogP contribution in [0, 0.1) is 5.41 Å². The van der Waals surface area contributed by atoms with Crippen LogP contribution in [0.4, 0.5) is 10.8 Å². The molecule has 0 aliphatic carbocycles. The van der Waals surface area contributed by atoms with Gasteiger partial charge < -0.3 is 9.80 Å². The smallest absolute Gasteiger partial charge is 0.227 e. The minimum absolute atomic E-state index is 0.0880. The predicted molar refractivity (Wildman–Crippen MR) is 80.5 cm³/mol. The molecular weight excluding hydrogens is 292 g/mol. The maximum Gasteiger partial charge on any atom is 0.227 e. The number of hydrogen-bond donors (Lipinski definition) is 0. The van der Waals surface area contributed by atoms with E-state index in [0.29, 0.717) is 6.42 Å². The van der Waals surface area contributed by atoms with Crippen LogP contribution in [0.3, 0.4) is 0 Å². The molecule has 104 valence electrons. The monoisotopic (exact) mass is 306 g/mol. The number of aromatic nitrogens is 2. The van der Waals surface area contributed by atoms with Gasteiger partial charge in [0, 0.05) is 36.9 Å². The molecule has 2 aromatic heterocycles. The molecule has 2 aliphatic heterocycles. The van der Waals surface area contributed by atoms with Crippen LogP contribution in [-0.2, 0) is 4.79 Å². The van der Waals surface area contributed by atoms with Gasteiger partial charge in [0.05, 0.1) is 5.69 Å². The fourth-order valence-electron chi connectivity index (χ4n) is 3.22. The van der Waals surface area contributed by atoms with Crippen molar-refractivity contribution < 1.29 is 4.79 Å². The van der Waals surface area contributed by atoms with Crippen molar-refractivity contribution in [1.82, 2.24) is 10.2 Å². The summed E-state index contributed by atoms with van der Waals surface area (Å²) >= 11 is 3.21. The largest absolute Gasteiger partial charge is 0.346 e. The lowest BCUT2D eigenvalue weighted by Gasteiger charge is -2.23. The summed E-state index contributed by atoms with van der Waals surface area (Å²) in [5.41, 5.74) is 2.90. The van der Waals surface area contributed by atoms with Crippen molar-refractivity contribution in [1.29, 1.82) is 0 Å². The summed E-state index contributed by atoms with van der Waals surface area (Å²) in [6, 6.07) is 2.03. The third-order valence-corrected chi connectivity index (χ3v) is 5.62. The number of amides is 1. The van der Waals surface area contributed by atoms with E-state index in [1.54, 1.807) is 28.2 Å². The molecule has 20 heavy (non-hydrogen) atoms. The normalized spacial score (nSPS) is 26.1. The fraction of sp³-hybridized carbons (Fsp3) is 0.462. The maximum atomic E-state index is 12.3. The van der Waals surface area contributed by atoms with Gasteiger partial charge in [-0.2, -0.15) is 11.3 Å². The number of nitrogens with zero attached hydrogens (tertiary/aromatic N) is 4. The Bertz CT molecular complexity index is 612. The molecule has 2 fully saturated rings. The van der Waals surface area contributed by atoms with Crippen LogP contribution < -0.4 is 9.80 Å². The van der Waals surface area contributed by atoms with Gasteiger partial charge in [0.1, 0.15) is 5.51 Å². The van der Waals surface area contributed by atoms with Crippen LogP contribution in [0.5, 0.6) is 0 Å². The zero-order valence-electron chi connectivity index (χ0n) is 10.9. The number of thiophene rings is 1. The van der Waals surface area contributed by atoms with E-state index in [1.165, 1.54) is 0 Å². The highest BCUT2D eigenvalue weighted by Crippen LogP contribution is 2.43. The maximum absolute atomic E-state index is 12.3. The average molecular weight is 306 g/mol. The van der Waals surface area contributed by atoms with Gasteiger partial charge in [-0.15, -0.1) is 10.2 Å². The van der Waals surface area contributed by atoms with Gasteiger partial charge in [-0.3, -0.25) is 4.79 Å². The molecule has 4 rings (SSSR count). The van der Waals surface area contributed by atoms with Gasteiger partial charge in [-0.25, -0.2) is 0 Å². The molecule has 0 aromatic carbocycles. The Balaban J connectivity index is 1.54. The third kappa shape index (κ3) is 1.92. The molecule has 2 aliphatic rings. The molecule has 1 unspecified atom stereocenters. The van der Waals surface area contributed by atoms with Crippen molar-refractivity contribution in [3.05, 3.63) is 22.3 Å². The van der Waals surface area contributed by atoms with E-state index < -0.39 is 0 Å². The van der Waals surface area contributed by atoms with Crippen LogP contribution in [0.15, 0.2) is 22.3 Å². The molecule has 1 atom stereocenters. The van der Waals surface area contributed by atoms with Gasteiger partial charge in [0.15, 0.2) is 0 Å². The quantitative estimate of drug-likeness (QED) is 0.854. The zero-order valence-corrected chi connectivity index (χ0v) is 12.5. The van der Waals surface area contributed by atoms with E-state index in [-0.39, 0.29) is 11.3 Å². The van der Waals surface area contributed by atoms with Gasteiger partial charge in [-0.05, 0) is 17.9 Å². The zero-order chi connectivity index (χ0) is 13.6. The van der Waals surface area contributed by atoms with E-state index in [0.717, 1.165) is 36.9 Å². The summed E-state index contributed by atoms with van der Waals surface area (Å²) in [4.78, 5) is 16.5. The van der Waals surface area contributed by atoms with E-state index in [9.17, 15) is 4.79 Å². The lowest BCUT2D eigenvalue weighted by molar-refractivity contribution is -0.117. The summed E-state index contributed by atoms with van der Waals surface area (Å²) < 4.78 is 0. The molecule has 0 radical (unpaired) electrons. The number of carbonyl (C=O) groups excluding carboxylic acids is 1. The van der Waals surface area contributed by atoms with Crippen molar-refractivity contribution in [3.8, 4) is 0 Å². The van der Waals surface area contributed by atoms with Crippen LogP contribution in [-0.4, -0.2) is 35.7 Å². The third-order valence-electron chi connectivity index (χ3n) is 4.20. The highest BCUT2D eigenvalue weighted by atomic mass is 32.1. The lowest BCUT2D eigenvalue weighted by Crippen LogP contribution is -2.31. The summed E-state index contributed by atoms with van der Waals surface area (Å²) in [7, 11) is 0. The Hall–Kier alpha value is -1.47. The first-order valence-corrected chi connectivity index (χ1v) is 8.42. The van der Waals surface area contributed by atoms with Crippen molar-refractivity contribution in [3.63, 3.8) is 0 Å². The van der Waals surface area contributed by atoms with Gasteiger partial charge in [0.25, 0.3) is 0 Å². The SMILES string of the molecule is O=C1CC2(CCN(c3nncs3)C2)CN1c1ccsc1. The summed E-state index contributed by atoms with van der Waals surface area (Å²) in [5.74, 6) is 0.252. The summed E-state index contributed by atoms with van der Waals surface area (Å²) in [6.07, 6.45) is 1.71. The predicted octanol–water partition coefficient (Wildman–Crippen LogP) is 2.23. The van der Waals surface area contributed by atoms with E-state index in [4.69, 9.17) is 0 Å². The van der Waals surface area contributed by atoms with E-state index in [1.807, 2.05) is 21.7 Å². The van der Waals surface area contributed by atoms with Crippen molar-refractivity contribution in [2.75, 3.05) is 29.4 Å². The van der Waals surface area contributed by atoms with Crippen molar-refractivity contribution >= 4 is 39.4 Å². The van der Waals surface area contributed by atoms with Crippen LogP contribution in [0.1, 0.15) is 12.8 Å². The highest BCUT2D eigenvalue weighted by Gasteiger charge is 2.48. The number of anilines is 2. The molecule has 2 saturated heterocycles. The molecule has 2 aromatic rings. The Morgan fingerprint density at radius 1 is 1.35 bits per heavy atom. The van der Waals surface area contributed by atoms with Crippen molar-refractivity contribution in [2.24, 2.45) is 5.41 Å². The number of rotatable bonds is 2. The number of carbonyl (C=O) groups is 1. The van der Waals surface area contributed by atoms with Crippen LogP contribution in [0.2, 0.25) is 0 Å². The first-order valence-electron chi connectivity index (χ1n) is 6.60.